The van der Waals surface area contributed by atoms with Gasteiger partial charge >= 0.3 is 0 Å². The SMILES string of the molecule is C=CCN1CC[C@]2(CN(C(=O)c3cc(C)on3)C[C@H]2C)C1=O. The van der Waals surface area contributed by atoms with Gasteiger partial charge in [-0.05, 0) is 19.3 Å². The van der Waals surface area contributed by atoms with E-state index in [2.05, 4.69) is 18.7 Å². The van der Waals surface area contributed by atoms with Crippen LogP contribution in [0.15, 0.2) is 23.2 Å². The molecule has 1 spiro atoms. The Bertz CT molecular complexity index is 624. The molecule has 22 heavy (non-hydrogen) atoms. The Kier molecular flexibility index (Phi) is 3.54. The molecular formula is C16H21N3O3. The lowest BCUT2D eigenvalue weighted by Gasteiger charge is -2.26. The third kappa shape index (κ3) is 2.14. The summed E-state index contributed by atoms with van der Waals surface area (Å²) in [6, 6.07) is 1.64. The molecule has 3 rings (SSSR count). The second kappa shape index (κ2) is 5.26. The predicted molar refractivity (Wildman–Crippen MR) is 80.1 cm³/mol. The first-order valence-corrected chi connectivity index (χ1v) is 7.61. The van der Waals surface area contributed by atoms with Crippen LogP contribution in [0.3, 0.4) is 0 Å². The zero-order valence-corrected chi connectivity index (χ0v) is 13.0. The topological polar surface area (TPSA) is 66.7 Å². The number of hydrogen-bond donors (Lipinski definition) is 0. The summed E-state index contributed by atoms with van der Waals surface area (Å²) < 4.78 is 4.98. The summed E-state index contributed by atoms with van der Waals surface area (Å²) in [6.07, 6.45) is 2.54. The summed E-state index contributed by atoms with van der Waals surface area (Å²) in [7, 11) is 0. The summed E-state index contributed by atoms with van der Waals surface area (Å²) in [5.41, 5.74) is -0.132. The molecule has 0 aliphatic carbocycles. The quantitative estimate of drug-likeness (QED) is 0.793. The van der Waals surface area contributed by atoms with Crippen molar-refractivity contribution in [3.8, 4) is 0 Å². The highest BCUT2D eigenvalue weighted by atomic mass is 16.5. The molecule has 0 unspecified atom stereocenters. The van der Waals surface area contributed by atoms with Crippen LogP contribution >= 0.6 is 0 Å². The number of aromatic nitrogens is 1. The third-order valence-electron chi connectivity index (χ3n) is 4.94. The Hall–Kier alpha value is -2.11. The fourth-order valence-electron chi connectivity index (χ4n) is 3.64. The van der Waals surface area contributed by atoms with Crippen LogP contribution in [0.25, 0.3) is 0 Å². The smallest absolute Gasteiger partial charge is 0.276 e. The first-order valence-electron chi connectivity index (χ1n) is 7.61. The van der Waals surface area contributed by atoms with Gasteiger partial charge in [-0.25, -0.2) is 0 Å². The summed E-state index contributed by atoms with van der Waals surface area (Å²) in [4.78, 5) is 28.8. The monoisotopic (exact) mass is 303 g/mol. The highest BCUT2D eigenvalue weighted by Crippen LogP contribution is 2.44. The number of hydrogen-bond acceptors (Lipinski definition) is 4. The second-order valence-corrected chi connectivity index (χ2v) is 6.36. The van der Waals surface area contributed by atoms with Crippen LogP contribution in [-0.4, -0.2) is 52.9 Å². The minimum Gasteiger partial charge on any atom is -0.361 e. The molecule has 3 heterocycles. The Morgan fingerprint density at radius 1 is 1.64 bits per heavy atom. The van der Waals surface area contributed by atoms with E-state index in [0.717, 1.165) is 13.0 Å². The molecule has 2 aliphatic rings. The molecule has 2 atom stereocenters. The first kappa shape index (κ1) is 14.8. The fraction of sp³-hybridized carbons (Fsp3) is 0.562. The summed E-state index contributed by atoms with van der Waals surface area (Å²) in [5.74, 6) is 0.744. The van der Waals surface area contributed by atoms with Crippen molar-refractivity contribution >= 4 is 11.8 Å². The molecule has 1 aromatic heterocycles. The second-order valence-electron chi connectivity index (χ2n) is 6.36. The number of nitrogens with zero attached hydrogens (tertiary/aromatic N) is 3. The maximum absolute atomic E-state index is 12.7. The molecule has 0 N–H and O–H groups in total. The van der Waals surface area contributed by atoms with Gasteiger partial charge in [-0.15, -0.1) is 6.58 Å². The van der Waals surface area contributed by atoms with Gasteiger partial charge in [0.1, 0.15) is 5.76 Å². The average Bonchev–Trinajstić information content (AvgIpc) is 3.14. The van der Waals surface area contributed by atoms with E-state index >= 15 is 0 Å². The molecule has 2 aliphatic heterocycles. The van der Waals surface area contributed by atoms with E-state index in [1.165, 1.54) is 0 Å². The van der Waals surface area contributed by atoms with Crippen LogP contribution in [0.1, 0.15) is 29.6 Å². The number of aryl methyl sites for hydroxylation is 1. The van der Waals surface area contributed by atoms with Gasteiger partial charge in [0, 0.05) is 32.2 Å². The summed E-state index contributed by atoms with van der Waals surface area (Å²) in [5, 5.41) is 3.79. The zero-order valence-electron chi connectivity index (χ0n) is 13.0. The third-order valence-corrected chi connectivity index (χ3v) is 4.94. The number of carbonyl (C=O) groups is 2. The number of carbonyl (C=O) groups excluding carboxylic acids is 2. The van der Waals surface area contributed by atoms with Crippen LogP contribution in [-0.2, 0) is 4.79 Å². The molecule has 2 fully saturated rings. The van der Waals surface area contributed by atoms with Crippen molar-refractivity contribution in [1.82, 2.24) is 15.0 Å². The molecule has 2 saturated heterocycles. The first-order chi connectivity index (χ1) is 10.5. The summed E-state index contributed by atoms with van der Waals surface area (Å²) >= 11 is 0. The van der Waals surface area contributed by atoms with E-state index in [4.69, 9.17) is 4.52 Å². The molecule has 0 saturated carbocycles. The highest BCUT2D eigenvalue weighted by molar-refractivity contribution is 5.94. The van der Waals surface area contributed by atoms with Gasteiger partial charge in [0.25, 0.3) is 5.91 Å². The number of likely N-dealkylation sites (tertiary alicyclic amines) is 2. The van der Waals surface area contributed by atoms with Gasteiger partial charge in [0.05, 0.1) is 5.41 Å². The Morgan fingerprint density at radius 3 is 3.05 bits per heavy atom. The lowest BCUT2D eigenvalue weighted by atomic mass is 9.78. The lowest BCUT2D eigenvalue weighted by molar-refractivity contribution is -0.136. The molecule has 0 aromatic carbocycles. The van der Waals surface area contributed by atoms with Crippen LogP contribution in [0.2, 0.25) is 0 Å². The summed E-state index contributed by atoms with van der Waals surface area (Å²) in [6.45, 7) is 9.86. The predicted octanol–water partition coefficient (Wildman–Crippen LogP) is 1.48. The molecule has 0 bridgehead atoms. The number of rotatable bonds is 3. The van der Waals surface area contributed by atoms with E-state index in [0.29, 0.717) is 31.1 Å². The van der Waals surface area contributed by atoms with Gasteiger partial charge in [-0.2, -0.15) is 0 Å². The Morgan fingerprint density at radius 2 is 2.41 bits per heavy atom. The van der Waals surface area contributed by atoms with E-state index in [1.807, 2.05) is 4.90 Å². The zero-order chi connectivity index (χ0) is 15.9. The van der Waals surface area contributed by atoms with Crippen LogP contribution in [0.5, 0.6) is 0 Å². The molecular weight excluding hydrogens is 282 g/mol. The van der Waals surface area contributed by atoms with Gasteiger partial charge < -0.3 is 14.3 Å². The normalized spacial score (nSPS) is 27.9. The van der Waals surface area contributed by atoms with Crippen molar-refractivity contribution in [2.75, 3.05) is 26.2 Å². The lowest BCUT2D eigenvalue weighted by Crippen LogP contribution is -2.40. The van der Waals surface area contributed by atoms with Crippen molar-refractivity contribution in [1.29, 1.82) is 0 Å². The van der Waals surface area contributed by atoms with Crippen molar-refractivity contribution < 1.29 is 14.1 Å². The van der Waals surface area contributed by atoms with Gasteiger partial charge in [-0.1, -0.05) is 18.2 Å². The van der Waals surface area contributed by atoms with Gasteiger partial charge in [-0.3, -0.25) is 9.59 Å². The largest absolute Gasteiger partial charge is 0.361 e. The van der Waals surface area contributed by atoms with Crippen molar-refractivity contribution in [2.45, 2.75) is 20.3 Å². The minimum absolute atomic E-state index is 0.145. The van der Waals surface area contributed by atoms with E-state index in [-0.39, 0.29) is 17.7 Å². The molecule has 1 aromatic rings. The molecule has 6 nitrogen and oxygen atoms in total. The van der Waals surface area contributed by atoms with Crippen LogP contribution in [0.4, 0.5) is 0 Å². The molecule has 2 amide bonds. The number of amides is 2. The van der Waals surface area contributed by atoms with E-state index in [1.54, 1.807) is 24.0 Å². The highest BCUT2D eigenvalue weighted by Gasteiger charge is 2.55. The van der Waals surface area contributed by atoms with Gasteiger partial charge in [0.15, 0.2) is 5.69 Å². The maximum Gasteiger partial charge on any atom is 0.276 e. The minimum atomic E-state index is -0.447. The molecule has 6 heteroatoms. The van der Waals surface area contributed by atoms with Crippen LogP contribution < -0.4 is 0 Å². The maximum atomic E-state index is 12.7. The van der Waals surface area contributed by atoms with Crippen molar-refractivity contribution in [2.24, 2.45) is 11.3 Å². The molecule has 0 radical (unpaired) electrons. The fourth-order valence-corrected chi connectivity index (χ4v) is 3.64. The standard InChI is InChI=1S/C16H21N3O3/c1-4-6-18-7-5-16(15(18)21)10-19(9-11(16)2)14(20)13-8-12(3)22-17-13/h4,8,11H,1,5-7,9-10H2,2-3H3/t11-,16-/m1/s1. The van der Waals surface area contributed by atoms with E-state index < -0.39 is 5.41 Å². The van der Waals surface area contributed by atoms with E-state index in [9.17, 15) is 9.59 Å². The Labute approximate surface area is 129 Å². The van der Waals surface area contributed by atoms with Crippen LogP contribution in [0, 0.1) is 18.3 Å². The molecule has 118 valence electrons. The van der Waals surface area contributed by atoms with Crippen molar-refractivity contribution in [3.05, 3.63) is 30.2 Å². The average molecular weight is 303 g/mol. The van der Waals surface area contributed by atoms with Crippen molar-refractivity contribution in [3.63, 3.8) is 0 Å². The Balaban J connectivity index is 1.79. The van der Waals surface area contributed by atoms with Gasteiger partial charge in [0.2, 0.25) is 5.91 Å².